The van der Waals surface area contributed by atoms with Crippen LogP contribution in [-0.2, 0) is 19.5 Å². The molecule has 1 fully saturated rings. The molecule has 4 heterocycles. The number of hydrogen-bond donors (Lipinski definition) is 2. The first kappa shape index (κ1) is 21.7. The van der Waals surface area contributed by atoms with Gasteiger partial charge in [-0.05, 0) is 44.7 Å². The number of aliphatic imine (C=N–C) groups is 1. The van der Waals surface area contributed by atoms with Crippen LogP contribution in [0.3, 0.4) is 0 Å². The molecular formula is C21H31ClN8O. The number of nitrogens with one attached hydrogen (secondary N) is 2. The van der Waals surface area contributed by atoms with Crippen molar-refractivity contribution in [3.63, 3.8) is 0 Å². The fourth-order valence-electron chi connectivity index (χ4n) is 4.20. The van der Waals surface area contributed by atoms with Crippen molar-refractivity contribution in [1.82, 2.24) is 30.0 Å². The first-order valence-corrected chi connectivity index (χ1v) is 11.6. The van der Waals surface area contributed by atoms with E-state index in [4.69, 9.17) is 16.6 Å². The van der Waals surface area contributed by atoms with Gasteiger partial charge in [0.15, 0.2) is 5.96 Å². The van der Waals surface area contributed by atoms with Crippen molar-refractivity contribution in [3.8, 4) is 0 Å². The molecule has 0 aromatic carbocycles. The standard InChI is InChI=1S/C21H31ClN8O/c1-2-23-20(26-16-9-14-28(15-16)19-17(22)7-5-10-24-19)25-11-6-13-30-21(31)29-12-4-3-8-18(29)27-30/h5,7,10,16H,2-4,6,8-9,11-15H2,1H3,(H2,23,25,26). The molecule has 2 aliphatic rings. The SMILES string of the molecule is CCNC(=NCCCn1nc2n(c1=O)CCCC2)NC1CCN(c2ncccc2Cl)C1. The van der Waals surface area contributed by atoms with Crippen molar-refractivity contribution in [3.05, 3.63) is 39.7 Å². The number of pyridine rings is 1. The molecule has 0 amide bonds. The number of hydrogen-bond acceptors (Lipinski definition) is 5. The van der Waals surface area contributed by atoms with E-state index in [1.54, 1.807) is 10.9 Å². The van der Waals surface area contributed by atoms with E-state index in [2.05, 4.69) is 32.5 Å². The summed E-state index contributed by atoms with van der Waals surface area (Å²) in [7, 11) is 0. The Balaban J connectivity index is 1.29. The lowest BCUT2D eigenvalue weighted by Gasteiger charge is -2.20. The fraction of sp³-hybridized carbons (Fsp3) is 0.619. The molecule has 2 aliphatic heterocycles. The van der Waals surface area contributed by atoms with Crippen LogP contribution in [0.4, 0.5) is 5.82 Å². The predicted octanol–water partition coefficient (Wildman–Crippen LogP) is 1.65. The molecule has 168 valence electrons. The smallest absolute Gasteiger partial charge is 0.345 e. The third kappa shape index (κ3) is 5.20. The fourth-order valence-corrected chi connectivity index (χ4v) is 4.44. The Kier molecular flexibility index (Phi) is 7.11. The van der Waals surface area contributed by atoms with Crippen LogP contribution in [-0.4, -0.2) is 57.5 Å². The number of aromatic nitrogens is 4. The van der Waals surface area contributed by atoms with Crippen LogP contribution in [0.1, 0.15) is 38.4 Å². The number of guanidine groups is 1. The quantitative estimate of drug-likeness (QED) is 0.381. The minimum absolute atomic E-state index is 0.0166. The lowest BCUT2D eigenvalue weighted by Crippen LogP contribution is -2.44. The first-order chi connectivity index (χ1) is 15.2. The summed E-state index contributed by atoms with van der Waals surface area (Å²) in [6.45, 7) is 6.60. The van der Waals surface area contributed by atoms with Crippen LogP contribution in [0.5, 0.6) is 0 Å². The molecule has 1 saturated heterocycles. The number of nitrogens with zero attached hydrogens (tertiary/aromatic N) is 6. The molecule has 0 aliphatic carbocycles. The van der Waals surface area contributed by atoms with Crippen LogP contribution in [0.15, 0.2) is 28.1 Å². The maximum absolute atomic E-state index is 12.4. The summed E-state index contributed by atoms with van der Waals surface area (Å²) in [4.78, 5) is 23.8. The molecule has 10 heteroatoms. The van der Waals surface area contributed by atoms with Crippen molar-refractivity contribution in [2.75, 3.05) is 31.1 Å². The topological polar surface area (TPSA) is 92.4 Å². The average molecular weight is 447 g/mol. The summed E-state index contributed by atoms with van der Waals surface area (Å²) in [5.74, 6) is 2.56. The minimum Gasteiger partial charge on any atom is -0.357 e. The number of anilines is 1. The van der Waals surface area contributed by atoms with Crippen molar-refractivity contribution in [2.24, 2.45) is 4.99 Å². The summed E-state index contributed by atoms with van der Waals surface area (Å²) in [5.41, 5.74) is 0.0166. The van der Waals surface area contributed by atoms with Gasteiger partial charge < -0.3 is 15.5 Å². The molecule has 0 bridgehead atoms. The van der Waals surface area contributed by atoms with Gasteiger partial charge in [0.1, 0.15) is 11.6 Å². The van der Waals surface area contributed by atoms with E-state index in [0.717, 1.165) is 75.9 Å². The summed E-state index contributed by atoms with van der Waals surface area (Å²) in [6.07, 6.45) is 6.61. The van der Waals surface area contributed by atoms with E-state index in [0.29, 0.717) is 18.1 Å². The molecule has 0 saturated carbocycles. The summed E-state index contributed by atoms with van der Waals surface area (Å²) in [5, 5.41) is 12.0. The van der Waals surface area contributed by atoms with Crippen LogP contribution in [0, 0.1) is 0 Å². The highest BCUT2D eigenvalue weighted by atomic mass is 35.5. The van der Waals surface area contributed by atoms with E-state index >= 15 is 0 Å². The van der Waals surface area contributed by atoms with E-state index in [1.807, 2.05) is 16.7 Å². The van der Waals surface area contributed by atoms with Gasteiger partial charge >= 0.3 is 5.69 Å². The molecule has 0 radical (unpaired) electrons. The van der Waals surface area contributed by atoms with Gasteiger partial charge in [0.2, 0.25) is 0 Å². The van der Waals surface area contributed by atoms with Gasteiger partial charge in [-0.25, -0.2) is 14.5 Å². The Bertz CT molecular complexity index is 969. The Morgan fingerprint density at radius 3 is 3.06 bits per heavy atom. The zero-order chi connectivity index (χ0) is 21.6. The first-order valence-electron chi connectivity index (χ1n) is 11.2. The van der Waals surface area contributed by atoms with Gasteiger partial charge in [0.05, 0.1) is 5.02 Å². The highest BCUT2D eigenvalue weighted by molar-refractivity contribution is 6.32. The maximum atomic E-state index is 12.4. The van der Waals surface area contributed by atoms with Gasteiger partial charge in [-0.15, -0.1) is 0 Å². The number of rotatable bonds is 7. The maximum Gasteiger partial charge on any atom is 0.345 e. The zero-order valence-corrected chi connectivity index (χ0v) is 18.8. The van der Waals surface area contributed by atoms with Gasteiger partial charge in [-0.2, -0.15) is 5.10 Å². The lowest BCUT2D eigenvalue weighted by molar-refractivity contribution is 0.509. The Hall–Kier alpha value is -2.55. The van der Waals surface area contributed by atoms with Gasteiger partial charge in [-0.1, -0.05) is 11.6 Å². The van der Waals surface area contributed by atoms with Crippen molar-refractivity contribution in [2.45, 2.75) is 58.2 Å². The summed E-state index contributed by atoms with van der Waals surface area (Å²) in [6, 6.07) is 4.00. The van der Waals surface area contributed by atoms with E-state index in [9.17, 15) is 4.79 Å². The minimum atomic E-state index is 0.0166. The second kappa shape index (κ2) is 10.2. The van der Waals surface area contributed by atoms with E-state index in [1.165, 1.54) is 0 Å². The van der Waals surface area contributed by atoms with Crippen LogP contribution >= 0.6 is 11.6 Å². The largest absolute Gasteiger partial charge is 0.357 e. The molecule has 2 aromatic heterocycles. The van der Waals surface area contributed by atoms with Crippen molar-refractivity contribution in [1.29, 1.82) is 0 Å². The Labute approximate surface area is 187 Å². The van der Waals surface area contributed by atoms with Crippen molar-refractivity contribution >= 4 is 23.4 Å². The molecule has 2 N–H and O–H groups in total. The third-order valence-corrected chi connectivity index (χ3v) is 6.04. The second-order valence-corrected chi connectivity index (χ2v) is 8.44. The molecular weight excluding hydrogens is 416 g/mol. The van der Waals surface area contributed by atoms with E-state index < -0.39 is 0 Å². The highest BCUT2D eigenvalue weighted by Crippen LogP contribution is 2.25. The van der Waals surface area contributed by atoms with Crippen LogP contribution in [0.2, 0.25) is 5.02 Å². The molecule has 0 spiro atoms. The third-order valence-electron chi connectivity index (χ3n) is 5.74. The summed E-state index contributed by atoms with van der Waals surface area (Å²) < 4.78 is 3.42. The second-order valence-electron chi connectivity index (χ2n) is 8.03. The lowest BCUT2D eigenvalue weighted by atomic mass is 10.2. The Morgan fingerprint density at radius 1 is 1.35 bits per heavy atom. The van der Waals surface area contributed by atoms with Gasteiger partial charge in [-0.3, -0.25) is 9.56 Å². The molecule has 4 rings (SSSR count). The zero-order valence-electron chi connectivity index (χ0n) is 18.1. The molecule has 2 aromatic rings. The molecule has 1 atom stereocenters. The van der Waals surface area contributed by atoms with E-state index in [-0.39, 0.29) is 11.7 Å². The predicted molar refractivity (Wildman–Crippen MR) is 123 cm³/mol. The number of aryl methyl sites for hydroxylation is 2. The molecule has 31 heavy (non-hydrogen) atoms. The van der Waals surface area contributed by atoms with Crippen LogP contribution in [0.25, 0.3) is 0 Å². The Morgan fingerprint density at radius 2 is 2.26 bits per heavy atom. The summed E-state index contributed by atoms with van der Waals surface area (Å²) >= 11 is 6.30. The van der Waals surface area contributed by atoms with Crippen molar-refractivity contribution < 1.29 is 0 Å². The average Bonchev–Trinajstić information content (AvgIpc) is 3.36. The molecule has 1 unspecified atom stereocenters. The van der Waals surface area contributed by atoms with Gasteiger partial charge in [0.25, 0.3) is 0 Å². The molecule has 9 nitrogen and oxygen atoms in total. The monoisotopic (exact) mass is 446 g/mol. The highest BCUT2D eigenvalue weighted by Gasteiger charge is 2.25. The number of fused-ring (bicyclic) bond motifs is 1. The van der Waals surface area contributed by atoms with Crippen LogP contribution < -0.4 is 21.2 Å². The normalized spacial score (nSPS) is 18.8. The number of halogens is 1. The van der Waals surface area contributed by atoms with Gasteiger partial charge in [0, 0.05) is 57.9 Å².